The van der Waals surface area contributed by atoms with E-state index in [1.807, 2.05) is 27.7 Å². The Hall–Kier alpha value is -0.410. The second kappa shape index (κ2) is 43.2. The summed E-state index contributed by atoms with van der Waals surface area (Å²) >= 11 is 0. The zero-order chi connectivity index (χ0) is 15.2. The highest BCUT2D eigenvalue weighted by Gasteiger charge is 2.10. The summed E-state index contributed by atoms with van der Waals surface area (Å²) in [5.74, 6) is 0. The zero-order valence-corrected chi connectivity index (χ0v) is 13.9. The molecule has 0 aromatic carbocycles. The van der Waals surface area contributed by atoms with E-state index in [0.717, 1.165) is 19.3 Å². The van der Waals surface area contributed by atoms with Crippen LogP contribution in [0.1, 0.15) is 81.6 Å². The van der Waals surface area contributed by atoms with Crippen LogP contribution in [0.15, 0.2) is 0 Å². The predicted molar refractivity (Wildman–Crippen MR) is 87.7 cm³/mol. The van der Waals surface area contributed by atoms with Crippen LogP contribution in [-0.2, 0) is 14.3 Å². The highest BCUT2D eigenvalue weighted by Crippen LogP contribution is 2.11. The van der Waals surface area contributed by atoms with Crippen molar-refractivity contribution in [2.45, 2.75) is 87.9 Å². The molecule has 0 spiro atoms. The summed E-state index contributed by atoms with van der Waals surface area (Å²) in [5, 5.41) is 0. The van der Waals surface area contributed by atoms with Crippen LogP contribution in [0.25, 0.3) is 0 Å². The molecule has 1 rings (SSSR count). The van der Waals surface area contributed by atoms with Crippen molar-refractivity contribution in [1.82, 2.24) is 0 Å². The fraction of sp³-hybridized carbons (Fsp3) is 0.938. The maximum Gasteiger partial charge on any atom is 0.157 e. The molecule has 1 aliphatic rings. The molecule has 1 unspecified atom stereocenters. The number of carbonyl (C=O) groups is 1. The van der Waals surface area contributed by atoms with Crippen LogP contribution in [0.3, 0.4) is 0 Å². The number of hydrogen-bond donors (Lipinski definition) is 0. The Balaban J connectivity index is -0.0000000511. The minimum Gasteiger partial charge on any atom is -0.356 e. The summed E-state index contributed by atoms with van der Waals surface area (Å²) in [6.45, 7) is 14.6. The van der Waals surface area contributed by atoms with Gasteiger partial charge in [0.05, 0.1) is 0 Å². The molecule has 0 N–H and O–H groups in total. The number of aldehydes is 1. The van der Waals surface area contributed by atoms with Gasteiger partial charge in [0.2, 0.25) is 0 Å². The smallest absolute Gasteiger partial charge is 0.157 e. The Bertz CT molecular complexity index is 100. The van der Waals surface area contributed by atoms with Crippen molar-refractivity contribution in [3.8, 4) is 0 Å². The quantitative estimate of drug-likeness (QED) is 0.597. The van der Waals surface area contributed by atoms with Crippen molar-refractivity contribution in [2.75, 3.05) is 13.7 Å². The fourth-order valence-electron chi connectivity index (χ4n) is 0.897. The molecule has 0 radical (unpaired) electrons. The molecule has 3 heteroatoms. The Morgan fingerprint density at radius 1 is 1.16 bits per heavy atom. The SMILES string of the molecule is C.CC.CC.CC=O.CCC.COC1CCCCO1. The van der Waals surface area contributed by atoms with Gasteiger partial charge in [0.15, 0.2) is 6.29 Å². The maximum absolute atomic E-state index is 8.81. The molecule has 1 aliphatic heterocycles. The highest BCUT2D eigenvalue weighted by atomic mass is 16.7. The van der Waals surface area contributed by atoms with Gasteiger partial charge in [0.25, 0.3) is 0 Å². The number of carbonyl (C=O) groups excluding carboxylic acids is 1. The van der Waals surface area contributed by atoms with E-state index in [-0.39, 0.29) is 13.7 Å². The van der Waals surface area contributed by atoms with Gasteiger partial charge in [-0.3, -0.25) is 0 Å². The summed E-state index contributed by atoms with van der Waals surface area (Å²) in [7, 11) is 1.69. The van der Waals surface area contributed by atoms with Gasteiger partial charge < -0.3 is 14.3 Å². The van der Waals surface area contributed by atoms with Gasteiger partial charge in [0.1, 0.15) is 6.29 Å². The monoisotopic (exact) mass is 280 g/mol. The summed E-state index contributed by atoms with van der Waals surface area (Å²) < 4.78 is 10.2. The van der Waals surface area contributed by atoms with Crippen LogP contribution in [0.4, 0.5) is 0 Å². The van der Waals surface area contributed by atoms with Crippen molar-refractivity contribution in [1.29, 1.82) is 0 Å². The van der Waals surface area contributed by atoms with Crippen molar-refractivity contribution >= 4 is 6.29 Å². The molecule has 1 atom stereocenters. The molecular weight excluding hydrogens is 240 g/mol. The van der Waals surface area contributed by atoms with Crippen molar-refractivity contribution in [2.24, 2.45) is 0 Å². The van der Waals surface area contributed by atoms with Crippen LogP contribution >= 0.6 is 0 Å². The van der Waals surface area contributed by atoms with E-state index in [1.54, 1.807) is 7.11 Å². The van der Waals surface area contributed by atoms with Crippen LogP contribution < -0.4 is 0 Å². The second-order valence-corrected chi connectivity index (χ2v) is 2.97. The summed E-state index contributed by atoms with van der Waals surface area (Å²) in [4.78, 5) is 8.81. The lowest BCUT2D eigenvalue weighted by molar-refractivity contribution is -0.145. The first-order valence-electron chi connectivity index (χ1n) is 7.30. The molecule has 0 amide bonds. The Morgan fingerprint density at radius 2 is 1.53 bits per heavy atom. The normalized spacial score (nSPS) is 15.1. The van der Waals surface area contributed by atoms with E-state index in [0.29, 0.717) is 0 Å². The van der Waals surface area contributed by atoms with Gasteiger partial charge in [-0.05, 0) is 26.2 Å². The second-order valence-electron chi connectivity index (χ2n) is 2.97. The van der Waals surface area contributed by atoms with E-state index >= 15 is 0 Å². The Kier molecular flexibility index (Phi) is 70.8. The number of rotatable bonds is 1. The van der Waals surface area contributed by atoms with E-state index in [9.17, 15) is 0 Å². The third-order valence-electron chi connectivity index (χ3n) is 1.40. The van der Waals surface area contributed by atoms with E-state index in [1.165, 1.54) is 26.2 Å². The van der Waals surface area contributed by atoms with Gasteiger partial charge in [-0.1, -0.05) is 55.4 Å². The third kappa shape index (κ3) is 46.5. The van der Waals surface area contributed by atoms with E-state index in [2.05, 4.69) is 13.8 Å². The standard InChI is InChI=1S/C6H12O2.C3H8.C2H4O.2C2H6.CH4/c1-7-6-4-2-3-5-8-6;1-3-2;1-2-3;2*1-2;/h6H,2-5H2,1H3;3H2,1-2H3;2H,1H3;2*1-2H3;1H4. The highest BCUT2D eigenvalue weighted by molar-refractivity contribution is 5.44. The first-order chi connectivity index (χ1) is 8.76. The van der Waals surface area contributed by atoms with Gasteiger partial charge in [-0.15, -0.1) is 0 Å². The third-order valence-corrected chi connectivity index (χ3v) is 1.40. The Morgan fingerprint density at radius 3 is 1.68 bits per heavy atom. The molecule has 1 heterocycles. The average Bonchev–Trinajstić information content (AvgIpc) is 2.46. The summed E-state index contributed by atoms with van der Waals surface area (Å²) in [6, 6.07) is 0. The number of ether oxygens (including phenoxy) is 2. The van der Waals surface area contributed by atoms with Gasteiger partial charge >= 0.3 is 0 Å². The number of hydrogen-bond acceptors (Lipinski definition) is 3. The topological polar surface area (TPSA) is 35.5 Å². The van der Waals surface area contributed by atoms with Crippen LogP contribution in [0, 0.1) is 0 Å². The van der Waals surface area contributed by atoms with E-state index < -0.39 is 0 Å². The molecule has 122 valence electrons. The summed E-state index contributed by atoms with van der Waals surface area (Å²) in [6.07, 6.45) is 5.60. The molecule has 0 aliphatic carbocycles. The maximum atomic E-state index is 8.81. The molecule has 3 nitrogen and oxygen atoms in total. The van der Waals surface area contributed by atoms with Crippen LogP contribution in [0.5, 0.6) is 0 Å². The average molecular weight is 280 g/mol. The lowest BCUT2D eigenvalue weighted by Crippen LogP contribution is -2.20. The molecule has 0 aromatic rings. The minimum absolute atomic E-state index is 0. The molecule has 0 aromatic heterocycles. The van der Waals surface area contributed by atoms with Crippen molar-refractivity contribution in [3.63, 3.8) is 0 Å². The van der Waals surface area contributed by atoms with Crippen molar-refractivity contribution < 1.29 is 14.3 Å². The van der Waals surface area contributed by atoms with Crippen molar-refractivity contribution in [3.05, 3.63) is 0 Å². The van der Waals surface area contributed by atoms with Crippen LogP contribution in [-0.4, -0.2) is 26.3 Å². The fourth-order valence-corrected chi connectivity index (χ4v) is 0.897. The van der Waals surface area contributed by atoms with Gasteiger partial charge in [-0.25, -0.2) is 0 Å². The lowest BCUT2D eigenvalue weighted by Gasteiger charge is -2.20. The first-order valence-corrected chi connectivity index (χ1v) is 7.30. The Labute approximate surface area is 123 Å². The first kappa shape index (κ1) is 31.1. The number of methoxy groups -OCH3 is 1. The van der Waals surface area contributed by atoms with E-state index in [4.69, 9.17) is 14.3 Å². The predicted octanol–water partition coefficient (Wildman–Crippen LogP) is 5.47. The molecule has 0 saturated carbocycles. The molecule has 19 heavy (non-hydrogen) atoms. The zero-order valence-electron chi connectivity index (χ0n) is 13.9. The van der Waals surface area contributed by atoms with Gasteiger partial charge in [0, 0.05) is 13.7 Å². The minimum atomic E-state index is 0. The molecular formula is C16H40O3. The molecule has 1 fully saturated rings. The molecule has 1 saturated heterocycles. The lowest BCUT2D eigenvalue weighted by atomic mass is 10.2. The molecule has 0 bridgehead atoms. The van der Waals surface area contributed by atoms with Crippen LogP contribution in [0.2, 0.25) is 0 Å². The summed E-state index contributed by atoms with van der Waals surface area (Å²) in [5.41, 5.74) is 0. The van der Waals surface area contributed by atoms with Gasteiger partial charge in [-0.2, -0.15) is 0 Å². The largest absolute Gasteiger partial charge is 0.356 e.